The highest BCUT2D eigenvalue weighted by Gasteiger charge is 2.24. The van der Waals surface area contributed by atoms with Crippen molar-refractivity contribution in [1.29, 1.82) is 0 Å². The lowest BCUT2D eigenvalue weighted by atomic mass is 10.2. The molecule has 0 bridgehead atoms. The third kappa shape index (κ3) is 4.76. The molecule has 2 atom stereocenters. The van der Waals surface area contributed by atoms with Crippen LogP contribution in [0.2, 0.25) is 0 Å². The second kappa shape index (κ2) is 8.40. The summed E-state index contributed by atoms with van der Waals surface area (Å²) in [5.41, 5.74) is 0. The van der Waals surface area contributed by atoms with Crippen molar-refractivity contribution < 1.29 is 19.0 Å². The largest absolute Gasteiger partial charge is 0.486 e. The van der Waals surface area contributed by atoms with Crippen LogP contribution in [0.4, 0.5) is 4.79 Å². The zero-order valence-corrected chi connectivity index (χ0v) is 14.9. The van der Waals surface area contributed by atoms with Gasteiger partial charge in [0.1, 0.15) is 6.61 Å². The first-order valence-corrected chi connectivity index (χ1v) is 8.82. The van der Waals surface area contributed by atoms with Gasteiger partial charge in [-0.15, -0.1) is 0 Å². The van der Waals surface area contributed by atoms with Crippen LogP contribution in [-0.4, -0.2) is 81.0 Å². The Balaban J connectivity index is 1.42. The quantitative estimate of drug-likeness (QED) is 0.865. The number of nitrogens with one attached hydrogen (secondary N) is 1. The Labute approximate surface area is 148 Å². The highest BCUT2D eigenvalue weighted by atomic mass is 16.6. The molecule has 0 aromatic heterocycles. The molecule has 1 saturated heterocycles. The van der Waals surface area contributed by atoms with Crippen LogP contribution in [0.1, 0.15) is 6.92 Å². The highest BCUT2D eigenvalue weighted by Crippen LogP contribution is 2.30. The minimum absolute atomic E-state index is 0.0948. The van der Waals surface area contributed by atoms with Crippen LogP contribution in [0.25, 0.3) is 0 Å². The normalized spacial score (nSPS) is 21.4. The predicted octanol–water partition coefficient (Wildman–Crippen LogP) is 1.19. The van der Waals surface area contributed by atoms with E-state index in [2.05, 4.69) is 17.1 Å². The number of morpholine rings is 1. The fraction of sp³-hybridized carbons (Fsp3) is 0.611. The van der Waals surface area contributed by atoms with Gasteiger partial charge in [-0.3, -0.25) is 4.90 Å². The van der Waals surface area contributed by atoms with E-state index in [0.29, 0.717) is 25.7 Å². The molecule has 0 radical (unpaired) electrons. The van der Waals surface area contributed by atoms with Crippen molar-refractivity contribution >= 4 is 6.03 Å². The second-order valence-electron chi connectivity index (χ2n) is 6.56. The maximum Gasteiger partial charge on any atom is 0.317 e. The number of likely N-dealkylation sites (N-methyl/N-ethyl adjacent to an activating group) is 1. The molecular formula is C18H27N3O4. The molecule has 7 heteroatoms. The first kappa shape index (κ1) is 17.8. The van der Waals surface area contributed by atoms with Crippen molar-refractivity contribution in [1.82, 2.24) is 15.1 Å². The minimum atomic E-state index is -0.165. The molecule has 25 heavy (non-hydrogen) atoms. The van der Waals surface area contributed by atoms with Crippen LogP contribution in [0.3, 0.4) is 0 Å². The number of urea groups is 1. The lowest BCUT2D eigenvalue weighted by molar-refractivity contribution is 0.0205. The molecule has 3 rings (SSSR count). The fourth-order valence-electron chi connectivity index (χ4n) is 3.06. The molecule has 2 aliphatic heterocycles. The van der Waals surface area contributed by atoms with Gasteiger partial charge in [0.05, 0.1) is 19.8 Å². The van der Waals surface area contributed by atoms with E-state index in [1.54, 1.807) is 11.9 Å². The molecule has 0 spiro atoms. The Hall–Kier alpha value is -1.99. The Morgan fingerprint density at radius 1 is 1.32 bits per heavy atom. The van der Waals surface area contributed by atoms with E-state index in [0.717, 1.165) is 37.8 Å². The van der Waals surface area contributed by atoms with E-state index in [4.69, 9.17) is 14.2 Å². The number of rotatable bonds is 5. The number of benzene rings is 1. The summed E-state index contributed by atoms with van der Waals surface area (Å²) in [6, 6.07) is 7.79. The highest BCUT2D eigenvalue weighted by molar-refractivity contribution is 5.73. The number of fused-ring (bicyclic) bond motifs is 1. The zero-order chi connectivity index (χ0) is 17.6. The Bertz CT molecular complexity index is 577. The molecule has 0 unspecified atom stereocenters. The smallest absolute Gasteiger partial charge is 0.317 e. The summed E-state index contributed by atoms with van der Waals surface area (Å²) >= 11 is 0. The van der Waals surface area contributed by atoms with Gasteiger partial charge in [-0.05, 0) is 19.1 Å². The van der Waals surface area contributed by atoms with Crippen LogP contribution in [-0.2, 0) is 4.74 Å². The molecule has 1 aromatic rings. The Morgan fingerprint density at radius 2 is 2.04 bits per heavy atom. The summed E-state index contributed by atoms with van der Waals surface area (Å²) in [4.78, 5) is 16.3. The van der Waals surface area contributed by atoms with Crippen molar-refractivity contribution in [2.75, 3.05) is 53.0 Å². The van der Waals surface area contributed by atoms with Crippen LogP contribution in [0.15, 0.2) is 24.3 Å². The van der Waals surface area contributed by atoms with Gasteiger partial charge in [0.2, 0.25) is 0 Å². The molecule has 0 saturated carbocycles. The van der Waals surface area contributed by atoms with Crippen molar-refractivity contribution in [2.24, 2.45) is 0 Å². The number of carbonyl (C=O) groups is 1. The standard InChI is InChI=1S/C18H27N3O4/c1-14(21-7-9-23-10-8-21)11-19-18(22)20(2)12-15-13-24-16-5-3-4-6-17(16)25-15/h3-6,14-15H,7-13H2,1-2H3,(H,19,22)/t14-,15-/m0/s1. The Kier molecular flexibility index (Phi) is 5.99. The van der Waals surface area contributed by atoms with Gasteiger partial charge >= 0.3 is 6.03 Å². The summed E-state index contributed by atoms with van der Waals surface area (Å²) in [6.45, 7) is 7.02. The number of carbonyl (C=O) groups excluding carboxylic acids is 1. The SMILES string of the molecule is C[C@@H](CNC(=O)N(C)C[C@H]1COc2ccccc2O1)N1CCOCC1. The Morgan fingerprint density at radius 3 is 2.80 bits per heavy atom. The van der Waals surface area contributed by atoms with E-state index in [1.165, 1.54) is 0 Å². The lowest BCUT2D eigenvalue weighted by Crippen LogP contribution is -2.50. The van der Waals surface area contributed by atoms with Gasteiger partial charge in [0, 0.05) is 32.7 Å². The van der Waals surface area contributed by atoms with Gasteiger partial charge in [0.25, 0.3) is 0 Å². The van der Waals surface area contributed by atoms with Crippen molar-refractivity contribution in [3.8, 4) is 11.5 Å². The summed E-state index contributed by atoms with van der Waals surface area (Å²) < 4.78 is 17.0. The van der Waals surface area contributed by atoms with Crippen LogP contribution in [0.5, 0.6) is 11.5 Å². The van der Waals surface area contributed by atoms with Crippen molar-refractivity contribution in [3.63, 3.8) is 0 Å². The van der Waals surface area contributed by atoms with Gasteiger partial charge < -0.3 is 24.4 Å². The number of amides is 2. The average Bonchev–Trinajstić information content (AvgIpc) is 2.66. The van der Waals surface area contributed by atoms with Crippen LogP contribution < -0.4 is 14.8 Å². The van der Waals surface area contributed by atoms with Gasteiger partial charge in [-0.1, -0.05) is 12.1 Å². The van der Waals surface area contributed by atoms with E-state index in [-0.39, 0.29) is 12.1 Å². The van der Waals surface area contributed by atoms with E-state index >= 15 is 0 Å². The average molecular weight is 349 g/mol. The van der Waals surface area contributed by atoms with Crippen molar-refractivity contribution in [2.45, 2.75) is 19.1 Å². The summed E-state index contributed by atoms with van der Waals surface area (Å²) in [7, 11) is 1.78. The second-order valence-corrected chi connectivity index (χ2v) is 6.56. The maximum absolute atomic E-state index is 12.3. The number of nitrogens with zero attached hydrogens (tertiary/aromatic N) is 2. The topological polar surface area (TPSA) is 63.3 Å². The van der Waals surface area contributed by atoms with Gasteiger partial charge in [-0.2, -0.15) is 0 Å². The molecule has 1 aromatic carbocycles. The molecule has 1 N–H and O–H groups in total. The third-order valence-corrected chi connectivity index (χ3v) is 4.61. The lowest BCUT2D eigenvalue weighted by Gasteiger charge is -2.33. The fourth-order valence-corrected chi connectivity index (χ4v) is 3.06. The zero-order valence-electron chi connectivity index (χ0n) is 14.9. The van der Waals surface area contributed by atoms with E-state index < -0.39 is 0 Å². The molecule has 138 valence electrons. The maximum atomic E-state index is 12.3. The number of para-hydroxylation sites is 2. The molecule has 1 fully saturated rings. The van der Waals surface area contributed by atoms with Crippen molar-refractivity contribution in [3.05, 3.63) is 24.3 Å². The molecule has 0 aliphatic carbocycles. The summed E-state index contributed by atoms with van der Waals surface area (Å²) in [6.07, 6.45) is -0.165. The number of hydrogen-bond acceptors (Lipinski definition) is 5. The molecule has 2 aliphatic rings. The van der Waals surface area contributed by atoms with Gasteiger partial charge in [0.15, 0.2) is 17.6 Å². The van der Waals surface area contributed by atoms with E-state index in [1.807, 2.05) is 24.3 Å². The first-order chi connectivity index (χ1) is 12.1. The van der Waals surface area contributed by atoms with Crippen LogP contribution >= 0.6 is 0 Å². The predicted molar refractivity (Wildman–Crippen MR) is 94.2 cm³/mol. The van der Waals surface area contributed by atoms with Crippen LogP contribution in [0, 0.1) is 0 Å². The molecule has 7 nitrogen and oxygen atoms in total. The number of ether oxygens (including phenoxy) is 3. The molecule has 2 heterocycles. The van der Waals surface area contributed by atoms with E-state index in [9.17, 15) is 4.79 Å². The van der Waals surface area contributed by atoms with Gasteiger partial charge in [-0.25, -0.2) is 4.79 Å². The third-order valence-electron chi connectivity index (χ3n) is 4.61. The first-order valence-electron chi connectivity index (χ1n) is 8.82. The summed E-state index contributed by atoms with van der Waals surface area (Å²) in [5, 5.41) is 3.00. The molecular weight excluding hydrogens is 322 g/mol. The monoisotopic (exact) mass is 349 g/mol. The number of hydrogen-bond donors (Lipinski definition) is 1. The minimum Gasteiger partial charge on any atom is -0.486 e. The summed E-state index contributed by atoms with van der Waals surface area (Å²) in [5.74, 6) is 1.48. The molecule has 2 amide bonds.